The van der Waals surface area contributed by atoms with Crippen molar-refractivity contribution in [3.63, 3.8) is 0 Å². The molecule has 0 radical (unpaired) electrons. The maximum atomic E-state index is 9.58. The molecule has 0 spiro atoms. The van der Waals surface area contributed by atoms with E-state index >= 15 is 0 Å². The number of phenols is 1. The molecule has 1 aromatic rings. The van der Waals surface area contributed by atoms with Crippen molar-refractivity contribution in [3.05, 3.63) is 29.2 Å². The molecule has 5 heteroatoms. The van der Waals surface area contributed by atoms with Crippen molar-refractivity contribution in [1.82, 2.24) is 4.90 Å². The summed E-state index contributed by atoms with van der Waals surface area (Å²) in [6, 6.07) is 5.40. The molecule has 0 bridgehead atoms. The molecule has 2 heterocycles. The van der Waals surface area contributed by atoms with Crippen molar-refractivity contribution in [2.75, 3.05) is 20.2 Å². The lowest BCUT2D eigenvalue weighted by Crippen LogP contribution is -2.19. The number of hydrogen-bond donors (Lipinski definition) is 1. The minimum absolute atomic E-state index is 0.165. The number of hydrogen-bond acceptors (Lipinski definition) is 5. The van der Waals surface area contributed by atoms with Crippen LogP contribution in [0.15, 0.2) is 28.6 Å². The Morgan fingerprint density at radius 2 is 2.35 bits per heavy atom. The summed E-state index contributed by atoms with van der Waals surface area (Å²) < 4.78 is 5.12. The van der Waals surface area contributed by atoms with Gasteiger partial charge in [-0.25, -0.2) is 0 Å². The Morgan fingerprint density at radius 1 is 1.47 bits per heavy atom. The number of aliphatic imine (C=N–C) groups is 1. The average Bonchev–Trinajstić information content (AvgIpc) is 2.92. The number of phenolic OH excluding ortho intramolecular Hbond substituents is 1. The molecule has 0 atom stereocenters. The highest BCUT2D eigenvalue weighted by Crippen LogP contribution is 2.37. The second-order valence-corrected chi connectivity index (χ2v) is 4.66. The Balaban J connectivity index is 1.97. The predicted molar refractivity (Wildman–Crippen MR) is 69.2 cm³/mol. The number of fused-ring (bicyclic) bond motifs is 1. The summed E-state index contributed by atoms with van der Waals surface area (Å²) >= 11 is 1.64. The predicted octanol–water partition coefficient (Wildman–Crippen LogP) is 2.12. The Hall–Kier alpha value is -1.62. The average molecular weight is 248 g/mol. The van der Waals surface area contributed by atoms with E-state index in [1.54, 1.807) is 24.9 Å². The van der Waals surface area contributed by atoms with Crippen LogP contribution in [0.2, 0.25) is 0 Å². The van der Waals surface area contributed by atoms with Crippen LogP contribution in [0.5, 0.6) is 11.5 Å². The van der Waals surface area contributed by atoms with Crippen LogP contribution in [0.1, 0.15) is 5.56 Å². The molecule has 4 nitrogen and oxygen atoms in total. The van der Waals surface area contributed by atoms with Crippen LogP contribution in [0.3, 0.4) is 0 Å². The maximum Gasteiger partial charge on any atom is 0.168 e. The first-order chi connectivity index (χ1) is 8.29. The van der Waals surface area contributed by atoms with E-state index in [0.29, 0.717) is 5.75 Å². The molecule has 0 saturated carbocycles. The molecular weight excluding hydrogens is 236 g/mol. The highest BCUT2D eigenvalue weighted by atomic mass is 32.2. The van der Waals surface area contributed by atoms with Gasteiger partial charge >= 0.3 is 0 Å². The van der Waals surface area contributed by atoms with Crippen molar-refractivity contribution >= 4 is 22.6 Å². The molecular formula is C12H12N2O2S. The summed E-state index contributed by atoms with van der Waals surface area (Å²) in [5, 5.41) is 12.7. The topological polar surface area (TPSA) is 45.1 Å². The van der Waals surface area contributed by atoms with Gasteiger partial charge in [-0.15, -0.1) is 0 Å². The van der Waals surface area contributed by atoms with Gasteiger partial charge in [-0.3, -0.25) is 4.99 Å². The van der Waals surface area contributed by atoms with E-state index in [1.807, 2.05) is 12.1 Å². The van der Waals surface area contributed by atoms with E-state index in [0.717, 1.165) is 29.5 Å². The lowest BCUT2D eigenvalue weighted by Gasteiger charge is -2.17. The molecule has 3 rings (SSSR count). The molecule has 0 aromatic heterocycles. The number of aromatic hydroxyl groups is 1. The standard InChI is InChI=1S/C12H12N2O2S/c1-16-11-6-8(2-3-10(11)15)9-7-17-12-13-4-5-14(9)12/h2-3,6-7,15H,4-5H2,1H3. The number of amidine groups is 1. The quantitative estimate of drug-likeness (QED) is 0.870. The normalized spacial score (nSPS) is 17.8. The third kappa shape index (κ3) is 1.67. The molecule has 2 aliphatic rings. The second-order valence-electron chi connectivity index (χ2n) is 3.82. The van der Waals surface area contributed by atoms with Crippen LogP contribution in [0.25, 0.3) is 5.70 Å². The van der Waals surface area contributed by atoms with E-state index in [-0.39, 0.29) is 5.75 Å². The smallest absolute Gasteiger partial charge is 0.168 e. The Bertz CT molecular complexity index is 525. The van der Waals surface area contributed by atoms with E-state index in [4.69, 9.17) is 4.74 Å². The molecule has 17 heavy (non-hydrogen) atoms. The van der Waals surface area contributed by atoms with Gasteiger partial charge in [0.05, 0.1) is 19.4 Å². The van der Waals surface area contributed by atoms with Gasteiger partial charge < -0.3 is 14.7 Å². The zero-order valence-electron chi connectivity index (χ0n) is 9.38. The molecule has 1 aromatic carbocycles. The van der Waals surface area contributed by atoms with E-state index in [9.17, 15) is 5.11 Å². The fourth-order valence-electron chi connectivity index (χ4n) is 1.98. The van der Waals surface area contributed by atoms with E-state index in [2.05, 4.69) is 15.3 Å². The first-order valence-electron chi connectivity index (χ1n) is 5.36. The summed E-state index contributed by atoms with van der Waals surface area (Å²) in [4.78, 5) is 6.60. The highest BCUT2D eigenvalue weighted by molar-refractivity contribution is 8.16. The summed E-state index contributed by atoms with van der Waals surface area (Å²) in [5.74, 6) is 0.663. The number of nitrogens with zero attached hydrogens (tertiary/aromatic N) is 2. The van der Waals surface area contributed by atoms with Gasteiger partial charge in [-0.05, 0) is 18.2 Å². The van der Waals surface area contributed by atoms with Gasteiger partial charge in [-0.1, -0.05) is 11.8 Å². The maximum absolute atomic E-state index is 9.58. The zero-order valence-corrected chi connectivity index (χ0v) is 10.2. The Labute approximate surface area is 104 Å². The van der Waals surface area contributed by atoms with Crippen LogP contribution < -0.4 is 4.74 Å². The van der Waals surface area contributed by atoms with Crippen LogP contribution in [0, 0.1) is 0 Å². The van der Waals surface area contributed by atoms with Crippen molar-refractivity contribution in [2.24, 2.45) is 4.99 Å². The number of methoxy groups -OCH3 is 1. The van der Waals surface area contributed by atoms with Crippen molar-refractivity contribution in [2.45, 2.75) is 0 Å². The molecule has 0 aliphatic carbocycles. The fraction of sp³-hybridized carbons (Fsp3) is 0.250. The minimum Gasteiger partial charge on any atom is -0.504 e. The molecule has 2 aliphatic heterocycles. The van der Waals surface area contributed by atoms with Gasteiger partial charge in [0.2, 0.25) is 0 Å². The van der Waals surface area contributed by atoms with Gasteiger partial charge in [0.1, 0.15) is 0 Å². The molecule has 1 N–H and O–H groups in total. The van der Waals surface area contributed by atoms with Crippen LogP contribution in [0.4, 0.5) is 0 Å². The van der Waals surface area contributed by atoms with Crippen LogP contribution in [-0.4, -0.2) is 35.4 Å². The molecule has 0 fully saturated rings. The molecule has 0 amide bonds. The summed E-state index contributed by atoms with van der Waals surface area (Å²) in [6.07, 6.45) is 0. The SMILES string of the molecule is COc1cc(C2=CSC3=NCCN23)ccc1O. The van der Waals surface area contributed by atoms with Crippen molar-refractivity contribution in [1.29, 1.82) is 0 Å². The van der Waals surface area contributed by atoms with E-state index in [1.165, 1.54) is 0 Å². The monoisotopic (exact) mass is 248 g/mol. The third-order valence-electron chi connectivity index (χ3n) is 2.84. The fourth-order valence-corrected chi connectivity index (χ4v) is 2.95. The number of benzene rings is 1. The summed E-state index contributed by atoms with van der Waals surface area (Å²) in [7, 11) is 1.55. The van der Waals surface area contributed by atoms with Gasteiger partial charge in [-0.2, -0.15) is 0 Å². The Kier molecular flexibility index (Phi) is 2.48. The summed E-state index contributed by atoms with van der Waals surface area (Å²) in [6.45, 7) is 1.78. The lowest BCUT2D eigenvalue weighted by molar-refractivity contribution is 0.373. The van der Waals surface area contributed by atoms with Crippen LogP contribution >= 0.6 is 11.8 Å². The number of ether oxygens (including phenoxy) is 1. The molecule has 0 unspecified atom stereocenters. The van der Waals surface area contributed by atoms with Gasteiger partial charge in [0.15, 0.2) is 16.7 Å². The Morgan fingerprint density at radius 3 is 3.18 bits per heavy atom. The molecule has 88 valence electrons. The second kappa shape index (κ2) is 4.00. The number of thioether (sulfide) groups is 1. The third-order valence-corrected chi connectivity index (χ3v) is 3.75. The van der Waals surface area contributed by atoms with Gasteiger partial charge in [0, 0.05) is 17.5 Å². The summed E-state index contributed by atoms with van der Waals surface area (Å²) in [5.41, 5.74) is 2.17. The highest BCUT2D eigenvalue weighted by Gasteiger charge is 2.27. The van der Waals surface area contributed by atoms with Gasteiger partial charge in [0.25, 0.3) is 0 Å². The zero-order chi connectivity index (χ0) is 11.8. The van der Waals surface area contributed by atoms with Crippen molar-refractivity contribution < 1.29 is 9.84 Å². The largest absolute Gasteiger partial charge is 0.504 e. The van der Waals surface area contributed by atoms with Crippen LogP contribution in [-0.2, 0) is 0 Å². The first-order valence-corrected chi connectivity index (χ1v) is 6.24. The van der Waals surface area contributed by atoms with Crippen molar-refractivity contribution in [3.8, 4) is 11.5 Å². The lowest BCUT2D eigenvalue weighted by atomic mass is 10.1. The minimum atomic E-state index is 0.165. The number of rotatable bonds is 2. The first kappa shape index (κ1) is 10.5. The molecule has 0 saturated heterocycles. The van der Waals surface area contributed by atoms with E-state index < -0.39 is 0 Å².